The highest BCUT2D eigenvalue weighted by Gasteiger charge is 2.08. The Bertz CT molecular complexity index is 217. The van der Waals surface area contributed by atoms with Gasteiger partial charge in [0.25, 0.3) is 0 Å². The van der Waals surface area contributed by atoms with Crippen LogP contribution in [0.25, 0.3) is 0 Å². The lowest BCUT2D eigenvalue weighted by Gasteiger charge is -2.09. The Labute approximate surface area is 67.2 Å². The van der Waals surface area contributed by atoms with Crippen LogP contribution in [0.15, 0.2) is 12.4 Å². The monoisotopic (exact) mass is 153 g/mol. The molecule has 0 bridgehead atoms. The third-order valence-corrected chi connectivity index (χ3v) is 1.79. The van der Waals surface area contributed by atoms with Crippen LogP contribution < -0.4 is 5.73 Å². The Hall–Kier alpha value is -0.830. The van der Waals surface area contributed by atoms with Crippen LogP contribution in [0.4, 0.5) is 0 Å². The smallest absolute Gasteiger partial charge is 0.125 e. The third-order valence-electron chi connectivity index (χ3n) is 1.79. The molecule has 3 heteroatoms. The van der Waals surface area contributed by atoms with Gasteiger partial charge in [-0.2, -0.15) is 0 Å². The standard InChI is InChI=1S/C8H15N3/c1-3-4-7(9)8-10-5-6-11(8)2/h5-7H,3-4,9H2,1-2H3/t7-/m0/s1. The van der Waals surface area contributed by atoms with Gasteiger partial charge in [-0.3, -0.25) is 0 Å². The van der Waals surface area contributed by atoms with Gasteiger partial charge in [0.15, 0.2) is 0 Å². The fourth-order valence-electron chi connectivity index (χ4n) is 1.17. The molecule has 1 aromatic rings. The molecule has 1 rings (SSSR count). The number of aromatic nitrogens is 2. The summed E-state index contributed by atoms with van der Waals surface area (Å²) in [5.41, 5.74) is 5.87. The van der Waals surface area contributed by atoms with E-state index >= 15 is 0 Å². The van der Waals surface area contributed by atoms with Crippen molar-refractivity contribution in [2.75, 3.05) is 0 Å². The number of rotatable bonds is 3. The predicted molar refractivity (Wildman–Crippen MR) is 45.0 cm³/mol. The maximum atomic E-state index is 5.87. The Morgan fingerprint density at radius 1 is 1.73 bits per heavy atom. The molecule has 0 radical (unpaired) electrons. The number of hydrogen-bond donors (Lipinski definition) is 1. The van der Waals surface area contributed by atoms with E-state index in [1.165, 1.54) is 0 Å². The Kier molecular flexibility index (Phi) is 2.65. The van der Waals surface area contributed by atoms with E-state index in [0.29, 0.717) is 0 Å². The van der Waals surface area contributed by atoms with Gasteiger partial charge in [0.1, 0.15) is 5.82 Å². The third kappa shape index (κ3) is 1.80. The highest BCUT2D eigenvalue weighted by atomic mass is 15.1. The van der Waals surface area contributed by atoms with Crippen molar-refractivity contribution in [1.29, 1.82) is 0 Å². The number of aryl methyl sites for hydroxylation is 1. The molecule has 0 aromatic carbocycles. The lowest BCUT2D eigenvalue weighted by atomic mass is 10.2. The van der Waals surface area contributed by atoms with Gasteiger partial charge in [-0.25, -0.2) is 4.98 Å². The molecule has 0 aliphatic carbocycles. The van der Waals surface area contributed by atoms with Crippen LogP contribution in [-0.4, -0.2) is 9.55 Å². The van der Waals surface area contributed by atoms with E-state index in [9.17, 15) is 0 Å². The van der Waals surface area contributed by atoms with E-state index < -0.39 is 0 Å². The summed E-state index contributed by atoms with van der Waals surface area (Å²) in [5.74, 6) is 0.979. The highest BCUT2D eigenvalue weighted by molar-refractivity contribution is 4.96. The fourth-order valence-corrected chi connectivity index (χ4v) is 1.17. The van der Waals surface area contributed by atoms with Gasteiger partial charge < -0.3 is 10.3 Å². The van der Waals surface area contributed by atoms with Crippen molar-refractivity contribution < 1.29 is 0 Å². The molecule has 0 saturated carbocycles. The average molecular weight is 153 g/mol. The zero-order chi connectivity index (χ0) is 8.27. The molecule has 0 aliphatic rings. The first-order valence-corrected chi connectivity index (χ1v) is 3.98. The van der Waals surface area contributed by atoms with Gasteiger partial charge in [-0.15, -0.1) is 0 Å². The first kappa shape index (κ1) is 8.27. The maximum Gasteiger partial charge on any atom is 0.125 e. The molecule has 0 spiro atoms. The highest BCUT2D eigenvalue weighted by Crippen LogP contribution is 2.11. The first-order chi connectivity index (χ1) is 5.25. The lowest BCUT2D eigenvalue weighted by molar-refractivity contribution is 0.579. The van der Waals surface area contributed by atoms with Crippen LogP contribution in [0.3, 0.4) is 0 Å². The molecule has 3 nitrogen and oxygen atoms in total. The zero-order valence-corrected chi connectivity index (χ0v) is 7.12. The normalized spacial score (nSPS) is 13.4. The van der Waals surface area contributed by atoms with Gasteiger partial charge in [-0.1, -0.05) is 13.3 Å². The molecule has 62 valence electrons. The topological polar surface area (TPSA) is 43.8 Å². The van der Waals surface area contributed by atoms with E-state index in [1.54, 1.807) is 6.20 Å². The van der Waals surface area contributed by atoms with E-state index in [0.717, 1.165) is 18.7 Å². The van der Waals surface area contributed by atoms with E-state index in [4.69, 9.17) is 5.73 Å². The SMILES string of the molecule is CCC[C@H](N)c1nccn1C. The Morgan fingerprint density at radius 3 is 2.91 bits per heavy atom. The summed E-state index contributed by atoms with van der Waals surface area (Å²) >= 11 is 0. The molecule has 0 fully saturated rings. The summed E-state index contributed by atoms with van der Waals surface area (Å²) in [5, 5.41) is 0. The van der Waals surface area contributed by atoms with Crippen molar-refractivity contribution >= 4 is 0 Å². The van der Waals surface area contributed by atoms with Crippen LogP contribution in [0.5, 0.6) is 0 Å². The van der Waals surface area contributed by atoms with Crippen molar-refractivity contribution in [3.8, 4) is 0 Å². The summed E-state index contributed by atoms with van der Waals surface area (Å²) in [6.45, 7) is 2.13. The summed E-state index contributed by atoms with van der Waals surface area (Å²) in [6.07, 6.45) is 5.81. The number of nitrogens with zero attached hydrogens (tertiary/aromatic N) is 2. The minimum Gasteiger partial charge on any atom is -0.337 e. The van der Waals surface area contributed by atoms with Crippen LogP contribution >= 0.6 is 0 Å². The van der Waals surface area contributed by atoms with Crippen molar-refractivity contribution in [1.82, 2.24) is 9.55 Å². The van der Waals surface area contributed by atoms with Crippen molar-refractivity contribution in [2.24, 2.45) is 12.8 Å². The average Bonchev–Trinajstić information content (AvgIpc) is 2.36. The molecule has 1 heterocycles. The lowest BCUT2D eigenvalue weighted by Crippen LogP contribution is -2.14. The summed E-state index contributed by atoms with van der Waals surface area (Å²) in [7, 11) is 1.97. The summed E-state index contributed by atoms with van der Waals surface area (Å²) < 4.78 is 1.97. The summed E-state index contributed by atoms with van der Waals surface area (Å²) in [6, 6.07) is 0.0972. The number of imidazole rings is 1. The predicted octanol–water partition coefficient (Wildman–Crippen LogP) is 1.22. The zero-order valence-electron chi connectivity index (χ0n) is 7.12. The van der Waals surface area contributed by atoms with Gasteiger partial charge in [-0.05, 0) is 6.42 Å². The van der Waals surface area contributed by atoms with E-state index in [1.807, 2.05) is 17.8 Å². The molecule has 0 saturated heterocycles. The van der Waals surface area contributed by atoms with Crippen LogP contribution in [-0.2, 0) is 7.05 Å². The fraction of sp³-hybridized carbons (Fsp3) is 0.625. The second-order valence-corrected chi connectivity index (χ2v) is 2.79. The van der Waals surface area contributed by atoms with Gasteiger partial charge in [0.05, 0.1) is 6.04 Å². The molecular formula is C8H15N3. The first-order valence-electron chi connectivity index (χ1n) is 3.98. The van der Waals surface area contributed by atoms with Gasteiger partial charge in [0.2, 0.25) is 0 Å². The van der Waals surface area contributed by atoms with Gasteiger partial charge in [0, 0.05) is 19.4 Å². The van der Waals surface area contributed by atoms with Crippen LogP contribution in [0.1, 0.15) is 31.6 Å². The molecule has 1 aromatic heterocycles. The Morgan fingerprint density at radius 2 is 2.45 bits per heavy atom. The van der Waals surface area contributed by atoms with Gasteiger partial charge >= 0.3 is 0 Å². The molecule has 2 N–H and O–H groups in total. The van der Waals surface area contributed by atoms with Crippen molar-refractivity contribution in [3.63, 3.8) is 0 Å². The molecule has 11 heavy (non-hydrogen) atoms. The number of nitrogens with two attached hydrogens (primary N) is 1. The van der Waals surface area contributed by atoms with Crippen molar-refractivity contribution in [2.45, 2.75) is 25.8 Å². The molecule has 0 amide bonds. The molecule has 1 atom stereocenters. The van der Waals surface area contributed by atoms with E-state index in [2.05, 4.69) is 11.9 Å². The quantitative estimate of drug-likeness (QED) is 0.709. The van der Waals surface area contributed by atoms with Crippen LogP contribution in [0.2, 0.25) is 0 Å². The Balaban J connectivity index is 2.67. The molecular weight excluding hydrogens is 138 g/mol. The summed E-state index contributed by atoms with van der Waals surface area (Å²) in [4.78, 5) is 4.17. The van der Waals surface area contributed by atoms with E-state index in [-0.39, 0.29) is 6.04 Å². The molecule has 0 unspecified atom stereocenters. The minimum absolute atomic E-state index is 0.0972. The minimum atomic E-state index is 0.0972. The largest absolute Gasteiger partial charge is 0.337 e. The number of hydrogen-bond acceptors (Lipinski definition) is 2. The second kappa shape index (κ2) is 3.53. The van der Waals surface area contributed by atoms with Crippen molar-refractivity contribution in [3.05, 3.63) is 18.2 Å². The van der Waals surface area contributed by atoms with Crippen LogP contribution in [0, 0.1) is 0 Å². The molecule has 0 aliphatic heterocycles. The second-order valence-electron chi connectivity index (χ2n) is 2.79. The maximum absolute atomic E-state index is 5.87.